The van der Waals surface area contributed by atoms with Crippen LogP contribution in [0.15, 0.2) is 11.6 Å². The van der Waals surface area contributed by atoms with Gasteiger partial charge in [0.15, 0.2) is 0 Å². The molecule has 0 amide bonds. The molecule has 224 valence electrons. The minimum Gasteiger partial charge on any atom is -0.459 e. The Labute approximate surface area is 241 Å². The molecule has 3 fully saturated rings. The Balaban J connectivity index is 1.41. The summed E-state index contributed by atoms with van der Waals surface area (Å²) in [5, 5.41) is 0. The third-order valence-electron chi connectivity index (χ3n) is 12.1. The SMILES string of the molecule is CC(C)CCC[C@@H](C)[C@H]1CC[C@H]2[C@@H]3CC=C4C[C@@H](C(=O)OC(CN(C)C)CN(C)C)CC[C@]4(C)[C@H]3CC[C@]12C. The molecule has 4 aliphatic rings. The molecule has 4 nitrogen and oxygen atoms in total. The average molecular weight is 543 g/mol. The smallest absolute Gasteiger partial charge is 0.309 e. The van der Waals surface area contributed by atoms with Crippen molar-refractivity contribution in [3.05, 3.63) is 11.6 Å². The molecular weight excluding hydrogens is 480 g/mol. The zero-order valence-electron chi connectivity index (χ0n) is 27.1. The Hall–Kier alpha value is -0.870. The normalized spacial score (nSPS) is 37.1. The van der Waals surface area contributed by atoms with Gasteiger partial charge in [-0.2, -0.15) is 0 Å². The van der Waals surface area contributed by atoms with E-state index >= 15 is 0 Å². The molecule has 8 atom stereocenters. The maximum Gasteiger partial charge on any atom is 0.309 e. The largest absolute Gasteiger partial charge is 0.459 e. The van der Waals surface area contributed by atoms with Gasteiger partial charge in [-0.25, -0.2) is 0 Å². The number of rotatable bonds is 11. The van der Waals surface area contributed by atoms with Crippen LogP contribution in [0.2, 0.25) is 0 Å². The van der Waals surface area contributed by atoms with Gasteiger partial charge in [-0.05, 0) is 126 Å². The lowest BCUT2D eigenvalue weighted by atomic mass is 9.46. The van der Waals surface area contributed by atoms with Crippen molar-refractivity contribution < 1.29 is 9.53 Å². The van der Waals surface area contributed by atoms with E-state index in [9.17, 15) is 4.79 Å². The summed E-state index contributed by atoms with van der Waals surface area (Å²) in [5.74, 6) is 5.22. The van der Waals surface area contributed by atoms with Gasteiger partial charge in [0.25, 0.3) is 0 Å². The molecule has 3 saturated carbocycles. The lowest BCUT2D eigenvalue weighted by Gasteiger charge is -2.58. The molecule has 0 N–H and O–H groups in total. The molecular formula is C35H62N2O2. The number of hydrogen-bond donors (Lipinski definition) is 0. The predicted molar refractivity (Wildman–Crippen MR) is 164 cm³/mol. The molecule has 4 heteroatoms. The maximum absolute atomic E-state index is 13.4. The van der Waals surface area contributed by atoms with Crippen molar-refractivity contribution in [3.8, 4) is 0 Å². The topological polar surface area (TPSA) is 32.8 Å². The first-order valence-corrected chi connectivity index (χ1v) is 16.5. The van der Waals surface area contributed by atoms with Crippen LogP contribution in [0.1, 0.15) is 105 Å². The van der Waals surface area contributed by atoms with Gasteiger partial charge in [0.2, 0.25) is 0 Å². The van der Waals surface area contributed by atoms with Crippen LogP contribution in [0.25, 0.3) is 0 Å². The third kappa shape index (κ3) is 6.63. The van der Waals surface area contributed by atoms with Crippen molar-refractivity contribution in [2.75, 3.05) is 41.3 Å². The van der Waals surface area contributed by atoms with E-state index in [1.165, 1.54) is 51.4 Å². The summed E-state index contributed by atoms with van der Waals surface area (Å²) in [6.45, 7) is 14.1. The van der Waals surface area contributed by atoms with Crippen LogP contribution in [0.5, 0.6) is 0 Å². The van der Waals surface area contributed by atoms with Gasteiger partial charge in [0.05, 0.1) is 5.92 Å². The van der Waals surface area contributed by atoms with Gasteiger partial charge >= 0.3 is 5.97 Å². The number of allylic oxidation sites excluding steroid dienone is 2. The summed E-state index contributed by atoms with van der Waals surface area (Å²) in [7, 11) is 8.23. The second kappa shape index (κ2) is 12.6. The van der Waals surface area contributed by atoms with E-state index in [2.05, 4.69) is 78.7 Å². The first-order chi connectivity index (χ1) is 18.3. The summed E-state index contributed by atoms with van der Waals surface area (Å²) in [6.07, 6.45) is 16.8. The Morgan fingerprint density at radius 1 is 0.949 bits per heavy atom. The van der Waals surface area contributed by atoms with Gasteiger partial charge in [-0.15, -0.1) is 0 Å². The minimum atomic E-state index is -0.0698. The van der Waals surface area contributed by atoms with Crippen LogP contribution in [0.4, 0.5) is 0 Å². The summed E-state index contributed by atoms with van der Waals surface area (Å²) in [4.78, 5) is 17.6. The van der Waals surface area contributed by atoms with Gasteiger partial charge in [-0.1, -0.05) is 65.5 Å². The number of esters is 1. The summed E-state index contributed by atoms with van der Waals surface area (Å²) >= 11 is 0. The Bertz CT molecular complexity index is 855. The van der Waals surface area contributed by atoms with Crippen molar-refractivity contribution in [2.24, 2.45) is 52.3 Å². The molecule has 0 heterocycles. The fourth-order valence-electron chi connectivity index (χ4n) is 10.1. The molecule has 0 aliphatic heterocycles. The van der Waals surface area contributed by atoms with Crippen LogP contribution in [0.3, 0.4) is 0 Å². The van der Waals surface area contributed by atoms with Gasteiger partial charge in [0.1, 0.15) is 6.10 Å². The highest BCUT2D eigenvalue weighted by Crippen LogP contribution is 2.67. The van der Waals surface area contributed by atoms with E-state index in [1.54, 1.807) is 5.57 Å². The van der Waals surface area contributed by atoms with Crippen LogP contribution in [-0.4, -0.2) is 63.2 Å². The second-order valence-electron chi connectivity index (χ2n) is 15.8. The predicted octanol–water partition coefficient (Wildman–Crippen LogP) is 7.68. The van der Waals surface area contributed by atoms with Crippen LogP contribution in [-0.2, 0) is 9.53 Å². The lowest BCUT2D eigenvalue weighted by molar-refractivity contribution is -0.157. The van der Waals surface area contributed by atoms with Crippen molar-refractivity contribution >= 4 is 5.97 Å². The molecule has 4 rings (SSSR count). The molecule has 0 saturated heterocycles. The number of nitrogens with zero attached hydrogens (tertiary/aromatic N) is 2. The fourth-order valence-corrected chi connectivity index (χ4v) is 10.1. The quantitative estimate of drug-likeness (QED) is 0.198. The van der Waals surface area contributed by atoms with E-state index in [1.807, 2.05) is 0 Å². The number of fused-ring (bicyclic) bond motifs is 5. The van der Waals surface area contributed by atoms with E-state index < -0.39 is 0 Å². The zero-order chi connectivity index (χ0) is 28.5. The first-order valence-electron chi connectivity index (χ1n) is 16.5. The molecule has 0 aromatic carbocycles. The van der Waals surface area contributed by atoms with Crippen molar-refractivity contribution in [1.82, 2.24) is 9.80 Å². The summed E-state index contributed by atoms with van der Waals surface area (Å²) in [6, 6.07) is 0. The molecule has 0 aromatic heterocycles. The number of ether oxygens (including phenoxy) is 1. The van der Waals surface area contributed by atoms with Crippen molar-refractivity contribution in [1.29, 1.82) is 0 Å². The first kappa shape index (κ1) is 31.1. The van der Waals surface area contributed by atoms with Crippen LogP contribution in [0, 0.1) is 52.3 Å². The average Bonchev–Trinajstić information content (AvgIpc) is 3.19. The Morgan fingerprint density at radius 3 is 2.28 bits per heavy atom. The van der Waals surface area contributed by atoms with Crippen LogP contribution < -0.4 is 0 Å². The van der Waals surface area contributed by atoms with Crippen molar-refractivity contribution in [3.63, 3.8) is 0 Å². The Kier molecular flexibility index (Phi) is 10.0. The monoisotopic (exact) mass is 542 g/mol. The summed E-state index contributed by atoms with van der Waals surface area (Å²) < 4.78 is 6.13. The molecule has 0 aromatic rings. The molecule has 0 radical (unpaired) electrons. The molecule has 0 unspecified atom stereocenters. The van der Waals surface area contributed by atoms with E-state index in [0.717, 1.165) is 67.9 Å². The molecule has 0 spiro atoms. The molecule has 39 heavy (non-hydrogen) atoms. The zero-order valence-corrected chi connectivity index (χ0v) is 27.1. The second-order valence-corrected chi connectivity index (χ2v) is 15.8. The number of hydrogen-bond acceptors (Lipinski definition) is 4. The summed E-state index contributed by atoms with van der Waals surface area (Å²) in [5.41, 5.74) is 2.41. The minimum absolute atomic E-state index is 0.0316. The van der Waals surface area contributed by atoms with Gasteiger partial charge < -0.3 is 14.5 Å². The maximum atomic E-state index is 13.4. The van der Waals surface area contributed by atoms with E-state index in [0.29, 0.717) is 5.41 Å². The highest BCUT2D eigenvalue weighted by molar-refractivity contribution is 5.73. The molecule has 0 bridgehead atoms. The fraction of sp³-hybridized carbons (Fsp3) is 0.914. The lowest BCUT2D eigenvalue weighted by Crippen LogP contribution is -2.51. The number of likely N-dealkylation sites (N-methyl/N-ethyl adjacent to an activating group) is 2. The van der Waals surface area contributed by atoms with Gasteiger partial charge in [-0.3, -0.25) is 4.79 Å². The van der Waals surface area contributed by atoms with Gasteiger partial charge in [0, 0.05) is 13.1 Å². The van der Waals surface area contributed by atoms with Crippen LogP contribution >= 0.6 is 0 Å². The van der Waals surface area contributed by atoms with E-state index in [4.69, 9.17) is 4.74 Å². The standard InChI is InChI=1S/C35H62N2O2/c1-24(2)11-10-12-25(3)30-15-16-31-29-14-13-27-21-26(33(38)39-28(22-36(6)7)23-37(8)9)17-19-34(27,4)32(29)18-20-35(30,31)5/h13,24-26,28-32H,10-12,14-23H2,1-9H3/t25-,26+,29+,30-,31+,32+,34+,35-/m1/s1. The van der Waals surface area contributed by atoms with E-state index in [-0.39, 0.29) is 23.4 Å². The highest BCUT2D eigenvalue weighted by Gasteiger charge is 2.59. The molecule has 4 aliphatic carbocycles. The van der Waals surface area contributed by atoms with Crippen molar-refractivity contribution in [2.45, 2.75) is 111 Å². The number of carbonyl (C=O) groups excluding carboxylic acids is 1. The third-order valence-corrected chi connectivity index (χ3v) is 12.1. The number of carbonyl (C=O) groups is 1. The highest BCUT2D eigenvalue weighted by atomic mass is 16.5. The Morgan fingerprint density at radius 2 is 1.64 bits per heavy atom.